The minimum atomic E-state index is -3.52. The summed E-state index contributed by atoms with van der Waals surface area (Å²) >= 11 is 0. The summed E-state index contributed by atoms with van der Waals surface area (Å²) in [6, 6.07) is 6.05. The second kappa shape index (κ2) is 6.59. The van der Waals surface area contributed by atoms with Gasteiger partial charge in [0.1, 0.15) is 0 Å². The van der Waals surface area contributed by atoms with Crippen LogP contribution in [0.5, 0.6) is 0 Å². The van der Waals surface area contributed by atoms with E-state index >= 15 is 0 Å². The number of hydrogen-bond acceptors (Lipinski definition) is 5. The van der Waals surface area contributed by atoms with E-state index in [1.54, 1.807) is 29.3 Å². The molecule has 0 aliphatic carbocycles. The van der Waals surface area contributed by atoms with Crippen LogP contribution in [0.1, 0.15) is 29.8 Å². The molecule has 4 heterocycles. The van der Waals surface area contributed by atoms with Crippen LogP contribution in [0.25, 0.3) is 5.52 Å². The second-order valence-corrected chi connectivity index (χ2v) is 8.56. The molecule has 2 unspecified atom stereocenters. The predicted octanol–water partition coefficient (Wildman–Crippen LogP) is 1.13. The van der Waals surface area contributed by atoms with E-state index in [1.165, 1.54) is 10.8 Å². The molecule has 2 aromatic rings. The molecule has 2 fully saturated rings. The van der Waals surface area contributed by atoms with E-state index in [2.05, 4.69) is 10.3 Å². The lowest BCUT2D eigenvalue weighted by Crippen LogP contribution is -2.39. The number of imidazole rings is 1. The van der Waals surface area contributed by atoms with Crippen molar-refractivity contribution in [2.75, 3.05) is 19.3 Å². The molecule has 0 radical (unpaired) electrons. The van der Waals surface area contributed by atoms with Crippen molar-refractivity contribution in [3.63, 3.8) is 0 Å². The third-order valence-electron chi connectivity index (χ3n) is 4.86. The van der Waals surface area contributed by atoms with Crippen molar-refractivity contribution in [2.45, 2.75) is 36.5 Å². The molecule has 0 spiro atoms. The molecule has 0 saturated carbocycles. The molecule has 2 bridgehead atoms. The molecule has 4 rings (SSSR count). The maximum absolute atomic E-state index is 13.0. The third kappa shape index (κ3) is 3.26. The van der Waals surface area contributed by atoms with Gasteiger partial charge in [-0.2, -0.15) is 0 Å². The van der Waals surface area contributed by atoms with Gasteiger partial charge in [-0.25, -0.2) is 13.4 Å². The smallest absolute Gasteiger partial charge is 0.274 e. The van der Waals surface area contributed by atoms with E-state index < -0.39 is 9.84 Å². The lowest BCUT2D eigenvalue weighted by atomic mass is 10.1. The molecule has 1 N–H and O–H groups in total. The van der Waals surface area contributed by atoms with Crippen molar-refractivity contribution in [1.29, 1.82) is 0 Å². The van der Waals surface area contributed by atoms with E-state index in [0.717, 1.165) is 19.1 Å². The highest BCUT2D eigenvalue weighted by Gasteiger charge is 2.33. The molecule has 2 aromatic heterocycles. The van der Waals surface area contributed by atoms with Crippen LogP contribution >= 0.6 is 12.4 Å². The van der Waals surface area contributed by atoms with Crippen molar-refractivity contribution >= 4 is 33.7 Å². The number of fused-ring (bicyclic) bond motifs is 3. The molecule has 7 nitrogen and oxygen atoms in total. The average molecular weight is 385 g/mol. The number of aromatic nitrogens is 2. The molecule has 2 atom stereocenters. The van der Waals surface area contributed by atoms with Crippen LogP contribution in [0.2, 0.25) is 0 Å². The largest absolute Gasteiger partial charge is 0.336 e. The van der Waals surface area contributed by atoms with Gasteiger partial charge in [-0.3, -0.25) is 9.20 Å². The summed E-state index contributed by atoms with van der Waals surface area (Å²) in [7, 11) is -3.52. The number of pyridine rings is 1. The number of rotatable bonds is 2. The first kappa shape index (κ1) is 18.2. The monoisotopic (exact) mass is 384 g/mol. The van der Waals surface area contributed by atoms with Crippen LogP contribution in [-0.4, -0.2) is 60.0 Å². The summed E-state index contributed by atoms with van der Waals surface area (Å²) < 4.78 is 25.5. The number of halogens is 1. The Morgan fingerprint density at radius 3 is 2.76 bits per heavy atom. The minimum Gasteiger partial charge on any atom is -0.336 e. The number of likely N-dealkylation sites (tertiary alicyclic amines) is 1. The van der Waals surface area contributed by atoms with Gasteiger partial charge in [0.25, 0.3) is 5.91 Å². The summed E-state index contributed by atoms with van der Waals surface area (Å²) in [5.41, 5.74) is 0.749. The number of nitrogens with one attached hydrogen (secondary N) is 1. The molecule has 25 heavy (non-hydrogen) atoms. The third-order valence-corrected chi connectivity index (χ3v) is 5.81. The summed E-state index contributed by atoms with van der Waals surface area (Å²) in [5.74, 6) is -0.192. The number of sulfone groups is 1. The van der Waals surface area contributed by atoms with Gasteiger partial charge < -0.3 is 10.2 Å². The predicted molar refractivity (Wildman–Crippen MR) is 96.0 cm³/mol. The number of amides is 1. The fraction of sp³-hybridized carbons (Fsp3) is 0.500. The number of nitrogens with zero attached hydrogens (tertiary/aromatic N) is 3. The average Bonchev–Trinajstić information content (AvgIpc) is 3.07. The summed E-state index contributed by atoms with van der Waals surface area (Å²) in [6.45, 7) is 1.32. The Labute approximate surface area is 152 Å². The molecule has 1 amide bonds. The van der Waals surface area contributed by atoms with Gasteiger partial charge in [0.15, 0.2) is 5.69 Å². The van der Waals surface area contributed by atoms with Crippen molar-refractivity contribution < 1.29 is 13.2 Å². The maximum atomic E-state index is 13.0. The molecule has 2 saturated heterocycles. The Balaban J connectivity index is 0.00000182. The zero-order valence-corrected chi connectivity index (χ0v) is 15.5. The fourth-order valence-electron chi connectivity index (χ4n) is 3.71. The molecule has 2 aliphatic heterocycles. The summed E-state index contributed by atoms with van der Waals surface area (Å²) in [5, 5.41) is 3.45. The van der Waals surface area contributed by atoms with Gasteiger partial charge in [0.05, 0.1) is 5.52 Å². The highest BCUT2D eigenvalue weighted by molar-refractivity contribution is 7.90. The van der Waals surface area contributed by atoms with Crippen molar-refractivity contribution in [3.05, 3.63) is 30.1 Å². The van der Waals surface area contributed by atoms with Crippen LogP contribution in [0.15, 0.2) is 29.6 Å². The van der Waals surface area contributed by atoms with Crippen LogP contribution < -0.4 is 5.32 Å². The number of carbonyl (C=O) groups is 1. The standard InChI is InChI=1S/C16H20N4O3S.ClH/c1-24(22,23)16-18-14(13-4-2-3-8-20(13)16)15(21)19-9-7-11-5-6-12(10-19)17-11;/h2-4,8,11-12,17H,5-7,9-10H2,1H3;1H. The van der Waals surface area contributed by atoms with Gasteiger partial charge in [-0.05, 0) is 31.4 Å². The highest BCUT2D eigenvalue weighted by atomic mass is 35.5. The molecular weight excluding hydrogens is 364 g/mol. The first-order chi connectivity index (χ1) is 11.4. The van der Waals surface area contributed by atoms with E-state index in [0.29, 0.717) is 30.7 Å². The molecule has 0 aromatic carbocycles. The lowest BCUT2D eigenvalue weighted by Gasteiger charge is -2.23. The van der Waals surface area contributed by atoms with Gasteiger partial charge in [-0.1, -0.05) is 6.07 Å². The molecule has 9 heteroatoms. The van der Waals surface area contributed by atoms with Crippen molar-refractivity contribution in [2.24, 2.45) is 0 Å². The van der Waals surface area contributed by atoms with E-state index in [9.17, 15) is 13.2 Å². The highest BCUT2D eigenvalue weighted by Crippen LogP contribution is 2.23. The number of hydrogen-bond donors (Lipinski definition) is 1. The SMILES string of the molecule is CS(=O)(=O)c1nc(C(=O)N2CCC3CCC(C2)N3)c2ccccn12.Cl. The molecule has 2 aliphatic rings. The zero-order valence-electron chi connectivity index (χ0n) is 13.9. The van der Waals surface area contributed by atoms with E-state index in [-0.39, 0.29) is 29.2 Å². The van der Waals surface area contributed by atoms with E-state index in [1.807, 2.05) is 0 Å². The second-order valence-electron chi connectivity index (χ2n) is 6.65. The Bertz CT molecular complexity index is 911. The van der Waals surface area contributed by atoms with Crippen molar-refractivity contribution in [3.8, 4) is 0 Å². The van der Waals surface area contributed by atoms with Crippen molar-refractivity contribution in [1.82, 2.24) is 19.6 Å². The number of carbonyl (C=O) groups excluding carboxylic acids is 1. The zero-order chi connectivity index (χ0) is 16.9. The van der Waals surface area contributed by atoms with Crippen LogP contribution in [-0.2, 0) is 9.84 Å². The van der Waals surface area contributed by atoms with Gasteiger partial charge in [0, 0.05) is 37.6 Å². The fourth-order valence-corrected chi connectivity index (χ4v) is 4.48. The topological polar surface area (TPSA) is 83.8 Å². The molecular formula is C16H21ClN4O3S. The first-order valence-corrected chi connectivity index (χ1v) is 10.0. The van der Waals surface area contributed by atoms with Gasteiger partial charge >= 0.3 is 0 Å². The summed E-state index contributed by atoms with van der Waals surface area (Å²) in [4.78, 5) is 19.0. The van der Waals surface area contributed by atoms with Crippen LogP contribution in [0.3, 0.4) is 0 Å². The quantitative estimate of drug-likeness (QED) is 0.839. The maximum Gasteiger partial charge on any atom is 0.274 e. The van der Waals surface area contributed by atoms with E-state index in [4.69, 9.17) is 0 Å². The Hall–Kier alpha value is -1.64. The Morgan fingerprint density at radius 2 is 2.00 bits per heavy atom. The van der Waals surface area contributed by atoms with Gasteiger partial charge in [-0.15, -0.1) is 12.4 Å². The lowest BCUT2D eigenvalue weighted by molar-refractivity contribution is 0.0744. The summed E-state index contributed by atoms with van der Waals surface area (Å²) in [6.07, 6.45) is 5.90. The normalized spacial score (nSPS) is 23.3. The first-order valence-electron chi connectivity index (χ1n) is 8.16. The Morgan fingerprint density at radius 1 is 1.24 bits per heavy atom. The molecule has 136 valence electrons. The van der Waals surface area contributed by atoms with Crippen LogP contribution in [0, 0.1) is 0 Å². The Kier molecular flexibility index (Phi) is 4.78. The van der Waals surface area contributed by atoms with Gasteiger partial charge in [0.2, 0.25) is 15.0 Å². The minimum absolute atomic E-state index is 0. The van der Waals surface area contributed by atoms with Crippen LogP contribution in [0.4, 0.5) is 0 Å².